The molecule has 2 atom stereocenters. The van der Waals surface area contributed by atoms with Gasteiger partial charge in [-0.1, -0.05) is 110 Å². The normalized spacial score (nSPS) is 19.4. The van der Waals surface area contributed by atoms with E-state index in [1.165, 1.54) is 51.1 Å². The molecule has 3 aromatic rings. The molecule has 0 heterocycles. The summed E-state index contributed by atoms with van der Waals surface area (Å²) >= 11 is 0. The van der Waals surface area contributed by atoms with Gasteiger partial charge in [-0.25, -0.2) is 0 Å². The van der Waals surface area contributed by atoms with E-state index in [-0.39, 0.29) is 0 Å². The van der Waals surface area contributed by atoms with Crippen LogP contribution in [0.5, 0.6) is 0 Å². The molecule has 0 aromatic heterocycles. The second-order valence-electron chi connectivity index (χ2n) is 8.73. The summed E-state index contributed by atoms with van der Waals surface area (Å²) in [6.07, 6.45) is 11.6. The van der Waals surface area contributed by atoms with Gasteiger partial charge < -0.3 is 0 Å². The van der Waals surface area contributed by atoms with Crippen LogP contribution >= 0.6 is 0 Å². The third-order valence-corrected chi connectivity index (χ3v) is 7.19. The van der Waals surface area contributed by atoms with E-state index >= 15 is 0 Å². The molecule has 0 aliphatic heterocycles. The predicted molar refractivity (Wildman–Crippen MR) is 126 cm³/mol. The fraction of sp³-hybridized carbons (Fsp3) is 0.200. The highest BCUT2D eigenvalue weighted by Gasteiger charge is 2.39. The van der Waals surface area contributed by atoms with E-state index < -0.39 is 0 Å². The van der Waals surface area contributed by atoms with Gasteiger partial charge in [-0.2, -0.15) is 0 Å². The summed E-state index contributed by atoms with van der Waals surface area (Å²) in [5.41, 5.74) is 8.96. The van der Waals surface area contributed by atoms with Crippen LogP contribution in [0.4, 0.5) is 0 Å². The molecule has 0 saturated heterocycles. The van der Waals surface area contributed by atoms with Crippen molar-refractivity contribution in [1.82, 2.24) is 0 Å². The van der Waals surface area contributed by atoms with Gasteiger partial charge in [-0.15, -0.1) is 0 Å². The zero-order valence-electron chi connectivity index (χ0n) is 17.4. The summed E-state index contributed by atoms with van der Waals surface area (Å²) in [7, 11) is 0. The van der Waals surface area contributed by atoms with Crippen LogP contribution in [0.3, 0.4) is 0 Å². The molecule has 0 bridgehead atoms. The van der Waals surface area contributed by atoms with Crippen LogP contribution in [-0.2, 0) is 0 Å². The first kappa shape index (κ1) is 17.7. The number of hydrogen-bond acceptors (Lipinski definition) is 0. The summed E-state index contributed by atoms with van der Waals surface area (Å²) in [5, 5.41) is 2.90. The first-order valence-electron chi connectivity index (χ1n) is 11.2. The van der Waals surface area contributed by atoms with Crippen LogP contribution < -0.4 is 10.4 Å². The third-order valence-electron chi connectivity index (χ3n) is 7.19. The van der Waals surface area contributed by atoms with Gasteiger partial charge in [-0.3, -0.25) is 0 Å². The van der Waals surface area contributed by atoms with Gasteiger partial charge in [0.15, 0.2) is 0 Å². The van der Waals surface area contributed by atoms with Crippen molar-refractivity contribution in [3.8, 4) is 11.1 Å². The summed E-state index contributed by atoms with van der Waals surface area (Å²) in [6.45, 7) is 2.34. The topological polar surface area (TPSA) is 0 Å². The summed E-state index contributed by atoms with van der Waals surface area (Å²) in [6, 6.07) is 27.2. The van der Waals surface area contributed by atoms with Gasteiger partial charge in [0, 0.05) is 11.8 Å². The molecule has 0 heteroatoms. The quantitative estimate of drug-likeness (QED) is 0.518. The van der Waals surface area contributed by atoms with E-state index in [9.17, 15) is 0 Å². The first-order valence-corrected chi connectivity index (χ1v) is 11.2. The minimum atomic E-state index is 0.406. The Kier molecular flexibility index (Phi) is 4.13. The summed E-state index contributed by atoms with van der Waals surface area (Å²) < 4.78 is 0. The molecule has 2 unspecified atom stereocenters. The molecular formula is C30H26. The lowest BCUT2D eigenvalue weighted by atomic mass is 9.72. The zero-order chi connectivity index (χ0) is 20.1. The Balaban J connectivity index is 1.63. The number of hydrogen-bond donors (Lipinski definition) is 0. The second-order valence-corrected chi connectivity index (χ2v) is 8.73. The van der Waals surface area contributed by atoms with Crippen molar-refractivity contribution in [2.45, 2.75) is 25.7 Å². The van der Waals surface area contributed by atoms with Gasteiger partial charge in [0.1, 0.15) is 0 Å². The molecule has 0 fully saturated rings. The summed E-state index contributed by atoms with van der Waals surface area (Å²) in [4.78, 5) is 0. The van der Waals surface area contributed by atoms with Crippen LogP contribution in [0.25, 0.3) is 22.3 Å². The monoisotopic (exact) mass is 386 g/mol. The highest BCUT2D eigenvalue weighted by atomic mass is 14.4. The van der Waals surface area contributed by atoms with E-state index in [1.807, 2.05) is 0 Å². The smallest absolute Gasteiger partial charge is 0.0249 e. The van der Waals surface area contributed by atoms with E-state index in [0.29, 0.717) is 17.8 Å². The predicted octanol–water partition coefficient (Wildman–Crippen LogP) is 5.97. The third kappa shape index (κ3) is 2.46. The molecule has 0 saturated carbocycles. The Bertz CT molecular complexity index is 1270. The van der Waals surface area contributed by atoms with Crippen LogP contribution in [0.15, 0.2) is 97.1 Å². The standard InChI is InChI=1S/C30H26/c1-2-11-28(29-24-16-7-3-12-20(24)21-13-4-8-17-25(21)29)30-26-18-9-5-14-22(26)23-15-6-10-19-27(23)30/h3-10,12-19,24,28,30H,2,11H2,1H3. The lowest BCUT2D eigenvalue weighted by Gasteiger charge is -2.31. The van der Waals surface area contributed by atoms with Crippen molar-refractivity contribution < 1.29 is 0 Å². The average molecular weight is 387 g/mol. The SMILES string of the molecule is CCCC(C1=c2ccccc2=C2C=CC=CC21)C1c2ccccc2-c2ccccc21. The van der Waals surface area contributed by atoms with Crippen molar-refractivity contribution in [2.75, 3.05) is 0 Å². The summed E-state index contributed by atoms with van der Waals surface area (Å²) in [5.74, 6) is 1.34. The highest BCUT2D eigenvalue weighted by molar-refractivity contribution is 5.84. The fourth-order valence-corrected chi connectivity index (χ4v) is 6.10. The van der Waals surface area contributed by atoms with E-state index in [0.717, 1.165) is 0 Å². The minimum absolute atomic E-state index is 0.406. The van der Waals surface area contributed by atoms with Crippen LogP contribution in [0.2, 0.25) is 0 Å². The maximum Gasteiger partial charge on any atom is 0.0249 e. The molecule has 0 spiro atoms. The van der Waals surface area contributed by atoms with Gasteiger partial charge in [-0.05, 0) is 56.2 Å². The average Bonchev–Trinajstić information content (AvgIpc) is 3.31. The molecule has 3 aromatic carbocycles. The molecule has 3 aliphatic rings. The van der Waals surface area contributed by atoms with E-state index in [2.05, 4.69) is 104 Å². The molecule has 0 N–H and O–H groups in total. The fourth-order valence-electron chi connectivity index (χ4n) is 6.10. The van der Waals surface area contributed by atoms with Crippen molar-refractivity contribution in [1.29, 1.82) is 0 Å². The van der Waals surface area contributed by atoms with Crippen molar-refractivity contribution in [3.63, 3.8) is 0 Å². The molecule has 6 rings (SSSR count). The van der Waals surface area contributed by atoms with E-state index in [1.54, 1.807) is 5.57 Å². The van der Waals surface area contributed by atoms with Gasteiger partial charge in [0.05, 0.1) is 0 Å². The van der Waals surface area contributed by atoms with Crippen LogP contribution in [0, 0.1) is 11.8 Å². The molecule has 146 valence electrons. The number of benzene rings is 3. The Morgan fingerprint density at radius 2 is 1.37 bits per heavy atom. The minimum Gasteiger partial charge on any atom is -0.0729 e. The molecule has 0 nitrogen and oxygen atoms in total. The van der Waals surface area contributed by atoms with Gasteiger partial charge >= 0.3 is 0 Å². The Morgan fingerprint density at radius 3 is 2.07 bits per heavy atom. The molecular weight excluding hydrogens is 360 g/mol. The first-order chi connectivity index (χ1) is 14.9. The maximum atomic E-state index is 2.42. The van der Waals surface area contributed by atoms with Gasteiger partial charge in [0.2, 0.25) is 0 Å². The molecule has 30 heavy (non-hydrogen) atoms. The van der Waals surface area contributed by atoms with Crippen molar-refractivity contribution in [3.05, 3.63) is 119 Å². The molecule has 0 amide bonds. The van der Waals surface area contributed by atoms with Gasteiger partial charge in [0.25, 0.3) is 0 Å². The van der Waals surface area contributed by atoms with Crippen molar-refractivity contribution in [2.24, 2.45) is 11.8 Å². The Labute approximate surface area is 178 Å². The van der Waals surface area contributed by atoms with E-state index in [4.69, 9.17) is 0 Å². The maximum absolute atomic E-state index is 2.42. The lowest BCUT2D eigenvalue weighted by Crippen LogP contribution is -2.27. The van der Waals surface area contributed by atoms with Crippen LogP contribution in [0.1, 0.15) is 36.8 Å². The lowest BCUT2D eigenvalue weighted by molar-refractivity contribution is 0.524. The highest BCUT2D eigenvalue weighted by Crippen LogP contribution is 2.53. The van der Waals surface area contributed by atoms with Crippen molar-refractivity contribution >= 4 is 11.1 Å². The Hall–Kier alpha value is -3.12. The largest absolute Gasteiger partial charge is 0.0729 e. The second kappa shape index (κ2) is 6.99. The zero-order valence-corrected chi connectivity index (χ0v) is 17.4. The number of fused-ring (bicyclic) bond motifs is 5. The molecule has 3 aliphatic carbocycles. The number of allylic oxidation sites excluding steroid dienone is 4. The number of rotatable bonds is 4. The Morgan fingerprint density at radius 1 is 0.733 bits per heavy atom. The molecule has 0 radical (unpaired) electrons. The van der Waals surface area contributed by atoms with Crippen LogP contribution in [-0.4, -0.2) is 0 Å².